The molecule has 18 heavy (non-hydrogen) atoms. The molecule has 3 rings (SSSR count). The minimum Gasteiger partial charge on any atom is -0.361 e. The van der Waals surface area contributed by atoms with E-state index in [0.717, 1.165) is 18.0 Å². The van der Waals surface area contributed by atoms with Gasteiger partial charge in [0, 0.05) is 23.0 Å². The number of aryl methyl sites for hydroxylation is 2. The SMILES string of the molecule is Cc1noc(C)c1CN1CCCC1c1cccs1. The molecule has 1 saturated heterocycles. The molecule has 0 radical (unpaired) electrons. The summed E-state index contributed by atoms with van der Waals surface area (Å²) >= 11 is 1.86. The van der Waals surface area contributed by atoms with Gasteiger partial charge in [-0.15, -0.1) is 11.3 Å². The van der Waals surface area contributed by atoms with Crippen LogP contribution >= 0.6 is 11.3 Å². The van der Waals surface area contributed by atoms with Gasteiger partial charge in [-0.05, 0) is 44.7 Å². The summed E-state index contributed by atoms with van der Waals surface area (Å²) in [4.78, 5) is 4.04. The van der Waals surface area contributed by atoms with E-state index in [4.69, 9.17) is 4.52 Å². The summed E-state index contributed by atoms with van der Waals surface area (Å²) in [7, 11) is 0. The maximum Gasteiger partial charge on any atom is 0.138 e. The Bertz CT molecular complexity index is 498. The molecule has 2 aromatic rings. The first-order valence-corrected chi connectivity index (χ1v) is 7.33. The monoisotopic (exact) mass is 262 g/mol. The number of likely N-dealkylation sites (tertiary alicyclic amines) is 1. The van der Waals surface area contributed by atoms with Crippen molar-refractivity contribution in [2.45, 2.75) is 39.3 Å². The van der Waals surface area contributed by atoms with Crippen LogP contribution in [0.3, 0.4) is 0 Å². The van der Waals surface area contributed by atoms with Gasteiger partial charge in [0.15, 0.2) is 0 Å². The minimum absolute atomic E-state index is 0.582. The summed E-state index contributed by atoms with van der Waals surface area (Å²) in [5, 5.41) is 6.22. The van der Waals surface area contributed by atoms with Crippen LogP contribution in [-0.2, 0) is 6.54 Å². The van der Waals surface area contributed by atoms with Gasteiger partial charge in [-0.1, -0.05) is 11.2 Å². The molecule has 96 valence electrons. The first-order valence-electron chi connectivity index (χ1n) is 6.45. The van der Waals surface area contributed by atoms with Crippen molar-refractivity contribution < 1.29 is 4.52 Å². The predicted molar refractivity (Wildman–Crippen MR) is 72.7 cm³/mol. The Labute approximate surface area is 111 Å². The van der Waals surface area contributed by atoms with E-state index >= 15 is 0 Å². The summed E-state index contributed by atoms with van der Waals surface area (Å²) in [6.07, 6.45) is 2.55. The van der Waals surface area contributed by atoms with E-state index in [1.807, 2.05) is 25.2 Å². The van der Waals surface area contributed by atoms with Crippen molar-refractivity contribution in [1.82, 2.24) is 10.1 Å². The summed E-state index contributed by atoms with van der Waals surface area (Å²) < 4.78 is 5.26. The number of rotatable bonds is 3. The lowest BCUT2D eigenvalue weighted by molar-refractivity contribution is 0.249. The second-order valence-electron chi connectivity index (χ2n) is 4.95. The number of nitrogens with zero attached hydrogens (tertiary/aromatic N) is 2. The topological polar surface area (TPSA) is 29.3 Å². The van der Waals surface area contributed by atoms with Crippen LogP contribution in [0.4, 0.5) is 0 Å². The second kappa shape index (κ2) is 4.86. The second-order valence-corrected chi connectivity index (χ2v) is 5.93. The molecule has 3 nitrogen and oxygen atoms in total. The molecule has 3 heterocycles. The van der Waals surface area contributed by atoms with Crippen LogP contribution in [0.5, 0.6) is 0 Å². The van der Waals surface area contributed by atoms with Crippen LogP contribution in [0, 0.1) is 13.8 Å². The van der Waals surface area contributed by atoms with Crippen LogP contribution in [0.25, 0.3) is 0 Å². The molecule has 1 fully saturated rings. The van der Waals surface area contributed by atoms with E-state index in [1.54, 1.807) is 0 Å². The Morgan fingerprint density at radius 3 is 3.06 bits per heavy atom. The van der Waals surface area contributed by atoms with Gasteiger partial charge in [-0.25, -0.2) is 0 Å². The third kappa shape index (κ3) is 2.10. The zero-order valence-electron chi connectivity index (χ0n) is 10.8. The third-order valence-corrected chi connectivity index (χ3v) is 4.75. The van der Waals surface area contributed by atoms with E-state index in [1.165, 1.54) is 29.8 Å². The van der Waals surface area contributed by atoms with Crippen molar-refractivity contribution in [2.75, 3.05) is 6.54 Å². The van der Waals surface area contributed by atoms with Crippen molar-refractivity contribution >= 4 is 11.3 Å². The molecular formula is C14H18N2OS. The van der Waals surface area contributed by atoms with Crippen molar-refractivity contribution in [3.8, 4) is 0 Å². The molecule has 0 N–H and O–H groups in total. The lowest BCUT2D eigenvalue weighted by Gasteiger charge is -2.23. The van der Waals surface area contributed by atoms with E-state index in [9.17, 15) is 0 Å². The van der Waals surface area contributed by atoms with Gasteiger partial charge in [-0.2, -0.15) is 0 Å². The van der Waals surface area contributed by atoms with Crippen molar-refractivity contribution in [3.05, 3.63) is 39.4 Å². The largest absolute Gasteiger partial charge is 0.361 e. The Balaban J connectivity index is 1.80. The van der Waals surface area contributed by atoms with Crippen LogP contribution in [0.2, 0.25) is 0 Å². The van der Waals surface area contributed by atoms with E-state index < -0.39 is 0 Å². The quantitative estimate of drug-likeness (QED) is 0.844. The Hall–Kier alpha value is -1.13. The standard InChI is InChI=1S/C14H18N2OS/c1-10-12(11(2)17-15-10)9-16-7-3-5-13(16)14-6-4-8-18-14/h4,6,8,13H,3,5,7,9H2,1-2H3. The van der Waals surface area contributed by atoms with Crippen molar-refractivity contribution in [1.29, 1.82) is 0 Å². The molecule has 0 bridgehead atoms. The summed E-state index contributed by atoms with van der Waals surface area (Å²) in [5.74, 6) is 0.962. The average Bonchev–Trinajstić information content (AvgIpc) is 3.06. The molecule has 1 aliphatic heterocycles. The van der Waals surface area contributed by atoms with E-state index in [2.05, 4.69) is 27.6 Å². The zero-order valence-corrected chi connectivity index (χ0v) is 11.7. The number of hydrogen-bond donors (Lipinski definition) is 0. The molecule has 0 saturated carbocycles. The summed E-state index contributed by atoms with van der Waals surface area (Å²) in [6.45, 7) is 6.17. The molecule has 1 unspecified atom stereocenters. The fourth-order valence-electron chi connectivity index (χ4n) is 2.75. The van der Waals surface area contributed by atoms with Gasteiger partial charge in [0.25, 0.3) is 0 Å². The molecule has 1 aliphatic rings. The lowest BCUT2D eigenvalue weighted by atomic mass is 10.1. The first kappa shape index (κ1) is 11.9. The molecule has 0 spiro atoms. The highest BCUT2D eigenvalue weighted by molar-refractivity contribution is 7.10. The third-order valence-electron chi connectivity index (χ3n) is 3.78. The fraction of sp³-hybridized carbons (Fsp3) is 0.500. The Morgan fingerprint density at radius 1 is 1.50 bits per heavy atom. The van der Waals surface area contributed by atoms with Gasteiger partial charge in [-0.3, -0.25) is 4.90 Å². The molecule has 4 heteroatoms. The van der Waals surface area contributed by atoms with Crippen LogP contribution in [-0.4, -0.2) is 16.6 Å². The Morgan fingerprint density at radius 2 is 2.39 bits per heavy atom. The smallest absolute Gasteiger partial charge is 0.138 e. The van der Waals surface area contributed by atoms with E-state index in [-0.39, 0.29) is 0 Å². The van der Waals surface area contributed by atoms with Crippen LogP contribution in [0.15, 0.2) is 22.0 Å². The van der Waals surface area contributed by atoms with E-state index in [0.29, 0.717) is 6.04 Å². The molecule has 1 atom stereocenters. The molecule has 0 amide bonds. The fourth-order valence-corrected chi connectivity index (χ4v) is 3.64. The number of aromatic nitrogens is 1. The van der Waals surface area contributed by atoms with Gasteiger partial charge in [0.2, 0.25) is 0 Å². The average molecular weight is 262 g/mol. The number of hydrogen-bond acceptors (Lipinski definition) is 4. The van der Waals surface area contributed by atoms with Gasteiger partial charge < -0.3 is 4.52 Å². The summed E-state index contributed by atoms with van der Waals surface area (Å²) in [6, 6.07) is 4.98. The minimum atomic E-state index is 0.582. The molecule has 0 aromatic carbocycles. The summed E-state index contributed by atoms with van der Waals surface area (Å²) in [5.41, 5.74) is 2.29. The predicted octanol–water partition coefficient (Wildman–Crippen LogP) is 3.69. The zero-order chi connectivity index (χ0) is 12.5. The highest BCUT2D eigenvalue weighted by atomic mass is 32.1. The highest BCUT2D eigenvalue weighted by Crippen LogP contribution is 2.36. The van der Waals surface area contributed by atoms with Crippen molar-refractivity contribution in [2.24, 2.45) is 0 Å². The van der Waals surface area contributed by atoms with Gasteiger partial charge in [0.1, 0.15) is 5.76 Å². The normalized spacial score (nSPS) is 20.7. The Kier molecular flexibility index (Phi) is 3.22. The van der Waals surface area contributed by atoms with Crippen LogP contribution < -0.4 is 0 Å². The van der Waals surface area contributed by atoms with Gasteiger partial charge in [0.05, 0.1) is 5.69 Å². The number of thiophene rings is 1. The van der Waals surface area contributed by atoms with Gasteiger partial charge >= 0.3 is 0 Å². The van der Waals surface area contributed by atoms with Crippen molar-refractivity contribution in [3.63, 3.8) is 0 Å². The maximum absolute atomic E-state index is 5.26. The highest BCUT2D eigenvalue weighted by Gasteiger charge is 2.28. The first-order chi connectivity index (χ1) is 8.75. The molecule has 0 aliphatic carbocycles. The lowest BCUT2D eigenvalue weighted by Crippen LogP contribution is -2.22. The molecular weight excluding hydrogens is 244 g/mol. The van der Waals surface area contributed by atoms with Crippen LogP contribution in [0.1, 0.15) is 40.8 Å². The maximum atomic E-state index is 5.26. The molecule has 2 aromatic heterocycles.